The lowest BCUT2D eigenvalue weighted by Gasteiger charge is -2.20. The summed E-state index contributed by atoms with van der Waals surface area (Å²) in [5, 5.41) is 0. The highest BCUT2D eigenvalue weighted by atomic mass is 79.9. The highest BCUT2D eigenvalue weighted by Gasteiger charge is 2.20. The van der Waals surface area contributed by atoms with Crippen molar-refractivity contribution < 1.29 is 9.13 Å². The number of benzene rings is 1. The van der Waals surface area contributed by atoms with Gasteiger partial charge < -0.3 is 10.5 Å². The molecule has 2 N–H and O–H groups in total. The van der Waals surface area contributed by atoms with Gasteiger partial charge in [-0.05, 0) is 48.3 Å². The van der Waals surface area contributed by atoms with Crippen LogP contribution in [0.4, 0.5) is 4.39 Å². The van der Waals surface area contributed by atoms with Gasteiger partial charge in [0, 0.05) is 11.1 Å². The molecular formula is C11H15BrFNO. The van der Waals surface area contributed by atoms with Crippen LogP contribution < -0.4 is 10.5 Å². The van der Waals surface area contributed by atoms with Crippen LogP contribution in [0.25, 0.3) is 0 Å². The van der Waals surface area contributed by atoms with Gasteiger partial charge in [0.2, 0.25) is 0 Å². The van der Waals surface area contributed by atoms with Crippen LogP contribution in [0.5, 0.6) is 5.75 Å². The second-order valence-corrected chi connectivity index (χ2v) is 5.06. The molecule has 0 fully saturated rings. The summed E-state index contributed by atoms with van der Waals surface area (Å²) >= 11 is 3.15. The summed E-state index contributed by atoms with van der Waals surface area (Å²) in [5.74, 6) is 0.238. The molecule has 0 heterocycles. The molecule has 0 spiro atoms. The van der Waals surface area contributed by atoms with E-state index in [1.165, 1.54) is 7.11 Å². The third-order valence-corrected chi connectivity index (χ3v) is 2.62. The van der Waals surface area contributed by atoms with Crippen molar-refractivity contribution in [2.75, 3.05) is 7.11 Å². The fraction of sp³-hybridized carbons (Fsp3) is 0.455. The standard InChI is InChI=1S/C11H15BrFNO/c1-11(2,14)6-7-9(15-3)5-4-8(12)10(7)13/h4-5H,6,14H2,1-3H3. The normalized spacial score (nSPS) is 11.6. The van der Waals surface area contributed by atoms with Crippen molar-refractivity contribution in [2.45, 2.75) is 25.8 Å². The van der Waals surface area contributed by atoms with Gasteiger partial charge in [-0.1, -0.05) is 0 Å². The van der Waals surface area contributed by atoms with Crippen LogP contribution in [0.15, 0.2) is 16.6 Å². The lowest BCUT2D eigenvalue weighted by atomic mass is 9.95. The molecule has 0 atom stereocenters. The smallest absolute Gasteiger partial charge is 0.144 e. The molecule has 0 aliphatic rings. The Bertz CT molecular complexity index is 360. The maximum Gasteiger partial charge on any atom is 0.144 e. The lowest BCUT2D eigenvalue weighted by molar-refractivity contribution is 0.394. The van der Waals surface area contributed by atoms with E-state index in [-0.39, 0.29) is 5.82 Å². The molecular weight excluding hydrogens is 261 g/mol. The Morgan fingerprint density at radius 3 is 2.53 bits per heavy atom. The minimum Gasteiger partial charge on any atom is -0.496 e. The van der Waals surface area contributed by atoms with E-state index in [0.717, 1.165) is 0 Å². The Morgan fingerprint density at radius 2 is 2.07 bits per heavy atom. The Kier molecular flexibility index (Phi) is 3.73. The summed E-state index contributed by atoms with van der Waals surface area (Å²) in [5.41, 5.74) is 5.92. The van der Waals surface area contributed by atoms with Crippen molar-refractivity contribution in [3.05, 3.63) is 28.0 Å². The van der Waals surface area contributed by atoms with Crippen molar-refractivity contribution in [1.29, 1.82) is 0 Å². The molecule has 15 heavy (non-hydrogen) atoms. The zero-order chi connectivity index (χ0) is 11.6. The van der Waals surface area contributed by atoms with Gasteiger partial charge in [0.1, 0.15) is 11.6 Å². The summed E-state index contributed by atoms with van der Waals surface area (Å²) in [6, 6.07) is 3.36. The number of rotatable bonds is 3. The number of hydrogen-bond donors (Lipinski definition) is 1. The van der Waals surface area contributed by atoms with Gasteiger partial charge in [-0.25, -0.2) is 4.39 Å². The number of nitrogens with two attached hydrogens (primary N) is 1. The molecule has 0 aliphatic heterocycles. The Balaban J connectivity index is 3.18. The Labute approximate surface area is 97.7 Å². The molecule has 2 nitrogen and oxygen atoms in total. The fourth-order valence-corrected chi connectivity index (χ4v) is 1.76. The van der Waals surface area contributed by atoms with Crippen LogP contribution >= 0.6 is 15.9 Å². The van der Waals surface area contributed by atoms with Gasteiger partial charge in [0.15, 0.2) is 0 Å². The molecule has 0 saturated heterocycles. The van der Waals surface area contributed by atoms with Crippen molar-refractivity contribution in [3.8, 4) is 5.75 Å². The minimum absolute atomic E-state index is 0.298. The van der Waals surface area contributed by atoms with Gasteiger partial charge >= 0.3 is 0 Å². The van der Waals surface area contributed by atoms with Crippen LogP contribution in [0, 0.1) is 5.82 Å². The predicted molar refractivity (Wildman–Crippen MR) is 62.6 cm³/mol. The number of methoxy groups -OCH3 is 1. The molecule has 4 heteroatoms. The van der Waals surface area contributed by atoms with Gasteiger partial charge in [0.25, 0.3) is 0 Å². The van der Waals surface area contributed by atoms with Crippen molar-refractivity contribution in [3.63, 3.8) is 0 Å². The Hall–Kier alpha value is -0.610. The van der Waals surface area contributed by atoms with Crippen LogP contribution in [0.3, 0.4) is 0 Å². The predicted octanol–water partition coefficient (Wildman–Crippen LogP) is 2.88. The number of hydrogen-bond acceptors (Lipinski definition) is 2. The minimum atomic E-state index is -0.463. The zero-order valence-electron chi connectivity index (χ0n) is 9.10. The summed E-state index contributed by atoms with van der Waals surface area (Å²) in [6.07, 6.45) is 0.432. The highest BCUT2D eigenvalue weighted by molar-refractivity contribution is 9.10. The topological polar surface area (TPSA) is 35.2 Å². The molecule has 0 amide bonds. The van der Waals surface area contributed by atoms with Gasteiger partial charge in [0.05, 0.1) is 11.6 Å². The van der Waals surface area contributed by atoms with Crippen LogP contribution in [-0.4, -0.2) is 12.6 Å². The molecule has 0 radical (unpaired) electrons. The SMILES string of the molecule is COc1ccc(Br)c(F)c1CC(C)(C)N. The van der Waals surface area contributed by atoms with E-state index < -0.39 is 5.54 Å². The lowest BCUT2D eigenvalue weighted by Crippen LogP contribution is -2.35. The summed E-state index contributed by atoms with van der Waals surface area (Å²) in [6.45, 7) is 3.71. The maximum atomic E-state index is 13.8. The molecule has 0 saturated carbocycles. The maximum absolute atomic E-state index is 13.8. The first-order valence-electron chi connectivity index (χ1n) is 4.65. The second kappa shape index (κ2) is 4.49. The van der Waals surface area contributed by atoms with E-state index in [0.29, 0.717) is 22.2 Å². The quantitative estimate of drug-likeness (QED) is 0.921. The summed E-state index contributed by atoms with van der Waals surface area (Å²) in [7, 11) is 1.52. The van der Waals surface area contributed by atoms with E-state index in [9.17, 15) is 4.39 Å². The molecule has 0 aliphatic carbocycles. The largest absolute Gasteiger partial charge is 0.496 e. The monoisotopic (exact) mass is 275 g/mol. The van der Waals surface area contributed by atoms with Crippen LogP contribution in [0.1, 0.15) is 19.4 Å². The van der Waals surface area contributed by atoms with Gasteiger partial charge in [-0.15, -0.1) is 0 Å². The molecule has 1 aromatic rings. The summed E-state index contributed by atoms with van der Waals surface area (Å²) in [4.78, 5) is 0. The zero-order valence-corrected chi connectivity index (χ0v) is 10.7. The highest BCUT2D eigenvalue weighted by Crippen LogP contribution is 2.29. The number of halogens is 2. The molecule has 1 aromatic carbocycles. The molecule has 0 bridgehead atoms. The summed E-state index contributed by atoms with van der Waals surface area (Å²) < 4.78 is 19.3. The van der Waals surface area contributed by atoms with Crippen molar-refractivity contribution in [2.24, 2.45) is 5.73 Å². The van der Waals surface area contributed by atoms with Crippen molar-refractivity contribution in [1.82, 2.24) is 0 Å². The van der Waals surface area contributed by atoms with E-state index >= 15 is 0 Å². The van der Waals surface area contributed by atoms with Crippen molar-refractivity contribution >= 4 is 15.9 Å². The van der Waals surface area contributed by atoms with Gasteiger partial charge in [-0.3, -0.25) is 0 Å². The average molecular weight is 276 g/mol. The molecule has 84 valence electrons. The average Bonchev–Trinajstić information content (AvgIpc) is 2.11. The fourth-order valence-electron chi connectivity index (χ4n) is 1.39. The van der Waals surface area contributed by atoms with Crippen LogP contribution in [-0.2, 0) is 6.42 Å². The Morgan fingerprint density at radius 1 is 1.47 bits per heavy atom. The molecule has 0 aromatic heterocycles. The first kappa shape index (κ1) is 12.5. The van der Waals surface area contributed by atoms with E-state index in [2.05, 4.69) is 15.9 Å². The number of ether oxygens (including phenoxy) is 1. The molecule has 1 rings (SSSR count). The second-order valence-electron chi connectivity index (χ2n) is 4.21. The van der Waals surface area contributed by atoms with E-state index in [4.69, 9.17) is 10.5 Å². The first-order valence-corrected chi connectivity index (χ1v) is 5.44. The third-order valence-electron chi connectivity index (χ3n) is 2.01. The van der Waals surface area contributed by atoms with E-state index in [1.54, 1.807) is 12.1 Å². The molecule has 0 unspecified atom stereocenters. The van der Waals surface area contributed by atoms with Gasteiger partial charge in [-0.2, -0.15) is 0 Å². The first-order chi connectivity index (χ1) is 6.85. The van der Waals surface area contributed by atoms with E-state index in [1.807, 2.05) is 13.8 Å². The van der Waals surface area contributed by atoms with Crippen LogP contribution in [0.2, 0.25) is 0 Å². The third kappa shape index (κ3) is 3.18.